The molecule has 7 heteroatoms. The topological polar surface area (TPSA) is 65.0 Å². The van der Waals surface area contributed by atoms with E-state index in [0.29, 0.717) is 27.4 Å². The third-order valence-corrected chi connectivity index (χ3v) is 3.91. The molecule has 19 heavy (non-hydrogen) atoms. The highest BCUT2D eigenvalue weighted by molar-refractivity contribution is 7.13. The van der Waals surface area contributed by atoms with E-state index in [4.69, 9.17) is 23.2 Å². The van der Waals surface area contributed by atoms with Crippen LogP contribution in [0.1, 0.15) is 11.3 Å². The highest BCUT2D eigenvalue weighted by Crippen LogP contribution is 2.25. The smallest absolute Gasteiger partial charge is 0.183 e. The number of hydrogen-bond donors (Lipinski definition) is 1. The summed E-state index contributed by atoms with van der Waals surface area (Å²) in [4.78, 5) is 14.6. The van der Waals surface area contributed by atoms with Crippen LogP contribution in [-0.2, 0) is 17.8 Å². The second-order valence-corrected chi connectivity index (χ2v) is 5.42. The van der Waals surface area contributed by atoms with Crippen LogP contribution in [0, 0.1) is 0 Å². The van der Waals surface area contributed by atoms with E-state index < -0.39 is 5.97 Å². The molecule has 2 rings (SSSR count). The Morgan fingerprint density at radius 1 is 1.37 bits per heavy atom. The van der Waals surface area contributed by atoms with Crippen molar-refractivity contribution >= 4 is 45.6 Å². The van der Waals surface area contributed by atoms with E-state index in [2.05, 4.69) is 10.3 Å². The van der Waals surface area contributed by atoms with Crippen molar-refractivity contribution < 1.29 is 9.90 Å². The number of benzene rings is 1. The number of halogens is 2. The number of carbonyl (C=O) groups is 1. The average molecular weight is 316 g/mol. The molecule has 4 nitrogen and oxygen atoms in total. The van der Waals surface area contributed by atoms with Gasteiger partial charge < -0.3 is 15.2 Å². The minimum atomic E-state index is -1.15. The fourth-order valence-electron chi connectivity index (χ4n) is 1.48. The van der Waals surface area contributed by atoms with E-state index in [-0.39, 0.29) is 6.42 Å². The number of nitrogens with one attached hydrogen (secondary N) is 1. The molecule has 0 aliphatic rings. The summed E-state index contributed by atoms with van der Waals surface area (Å²) in [6.45, 7) is 0.427. The number of aromatic nitrogens is 1. The van der Waals surface area contributed by atoms with Crippen molar-refractivity contribution in [1.29, 1.82) is 0 Å². The molecule has 0 fully saturated rings. The Labute approximate surface area is 124 Å². The molecule has 0 aliphatic carbocycles. The minimum Gasteiger partial charge on any atom is -0.550 e. The maximum absolute atomic E-state index is 10.4. The van der Waals surface area contributed by atoms with Crippen molar-refractivity contribution in [2.75, 3.05) is 5.32 Å². The van der Waals surface area contributed by atoms with Crippen LogP contribution in [-0.4, -0.2) is 11.0 Å². The van der Waals surface area contributed by atoms with E-state index in [9.17, 15) is 9.90 Å². The van der Waals surface area contributed by atoms with Gasteiger partial charge in [0.15, 0.2) is 5.13 Å². The summed E-state index contributed by atoms with van der Waals surface area (Å²) in [5, 5.41) is 16.9. The Kier molecular flexibility index (Phi) is 4.63. The molecular formula is C12H9Cl2N2O2S-. The van der Waals surface area contributed by atoms with Crippen molar-refractivity contribution in [2.24, 2.45) is 0 Å². The first-order chi connectivity index (χ1) is 9.06. The number of rotatable bonds is 5. The minimum absolute atomic E-state index is 0.189. The number of thiazole rings is 1. The maximum atomic E-state index is 10.4. The van der Waals surface area contributed by atoms with Crippen LogP contribution in [0.4, 0.5) is 5.13 Å². The predicted octanol–water partition coefficient (Wildman–Crippen LogP) is 2.35. The van der Waals surface area contributed by atoms with Gasteiger partial charge in [0, 0.05) is 39.9 Å². The summed E-state index contributed by atoms with van der Waals surface area (Å²) >= 11 is 13.4. The third-order valence-electron chi connectivity index (χ3n) is 2.36. The summed E-state index contributed by atoms with van der Waals surface area (Å²) in [7, 11) is 0. The van der Waals surface area contributed by atoms with Gasteiger partial charge in [-0.2, -0.15) is 0 Å². The van der Waals surface area contributed by atoms with Gasteiger partial charge in [0.05, 0.1) is 5.69 Å². The Balaban J connectivity index is 2.02. The molecule has 1 aromatic heterocycles. The summed E-state index contributed by atoms with van der Waals surface area (Å²) in [5.74, 6) is -1.15. The highest BCUT2D eigenvalue weighted by Gasteiger charge is 2.07. The second-order valence-electron chi connectivity index (χ2n) is 3.75. The van der Waals surface area contributed by atoms with E-state index in [1.807, 2.05) is 0 Å². The molecule has 100 valence electrons. The number of carboxylic acids is 1. The molecule has 0 spiro atoms. The lowest BCUT2D eigenvalue weighted by Crippen LogP contribution is -2.24. The Morgan fingerprint density at radius 2 is 2.05 bits per heavy atom. The molecule has 0 unspecified atom stereocenters. The Morgan fingerprint density at radius 3 is 2.68 bits per heavy atom. The van der Waals surface area contributed by atoms with Crippen LogP contribution in [0.15, 0.2) is 23.6 Å². The number of carbonyl (C=O) groups excluding carboxylic acids is 1. The molecule has 2 aromatic rings. The monoisotopic (exact) mass is 315 g/mol. The van der Waals surface area contributed by atoms with E-state index in [1.54, 1.807) is 23.6 Å². The van der Waals surface area contributed by atoms with Crippen molar-refractivity contribution in [1.82, 2.24) is 4.98 Å². The van der Waals surface area contributed by atoms with E-state index >= 15 is 0 Å². The largest absolute Gasteiger partial charge is 0.550 e. The number of carboxylic acid groups (broad SMARTS) is 1. The lowest BCUT2D eigenvalue weighted by atomic mass is 10.2. The van der Waals surface area contributed by atoms with Crippen molar-refractivity contribution in [3.05, 3.63) is 44.9 Å². The molecule has 0 saturated heterocycles. The number of aliphatic carboxylic acids is 1. The third kappa shape index (κ3) is 3.83. The van der Waals surface area contributed by atoms with Crippen LogP contribution in [0.3, 0.4) is 0 Å². The van der Waals surface area contributed by atoms with Gasteiger partial charge in [-0.3, -0.25) is 0 Å². The van der Waals surface area contributed by atoms with Crippen LogP contribution in [0.2, 0.25) is 10.0 Å². The molecule has 0 amide bonds. The lowest BCUT2D eigenvalue weighted by molar-refractivity contribution is -0.304. The second kappa shape index (κ2) is 6.23. The SMILES string of the molecule is O=C([O-])Cc1csc(NCc2c(Cl)cccc2Cl)n1. The first-order valence-electron chi connectivity index (χ1n) is 5.37. The molecule has 0 radical (unpaired) electrons. The van der Waals surface area contributed by atoms with Crippen LogP contribution < -0.4 is 10.4 Å². The van der Waals surface area contributed by atoms with Gasteiger partial charge in [0.1, 0.15) is 0 Å². The number of nitrogens with zero attached hydrogens (tertiary/aromatic N) is 1. The molecule has 0 bridgehead atoms. The van der Waals surface area contributed by atoms with E-state index in [0.717, 1.165) is 5.56 Å². The standard InChI is InChI=1S/C12H10Cl2N2O2S/c13-9-2-1-3-10(14)8(9)5-15-12-16-7(6-19-12)4-11(17)18/h1-3,6H,4-5H2,(H,15,16)(H,17,18)/p-1. The fraction of sp³-hybridized carbons (Fsp3) is 0.167. The Hall–Kier alpha value is -1.30. The highest BCUT2D eigenvalue weighted by atomic mass is 35.5. The van der Waals surface area contributed by atoms with E-state index in [1.165, 1.54) is 11.3 Å². The van der Waals surface area contributed by atoms with Gasteiger partial charge in [-0.1, -0.05) is 29.3 Å². The zero-order valence-electron chi connectivity index (χ0n) is 9.65. The molecular weight excluding hydrogens is 307 g/mol. The van der Waals surface area contributed by atoms with Crippen molar-refractivity contribution in [2.45, 2.75) is 13.0 Å². The zero-order chi connectivity index (χ0) is 13.8. The average Bonchev–Trinajstić information content (AvgIpc) is 2.75. The molecule has 1 heterocycles. The molecule has 1 N–H and O–H groups in total. The number of anilines is 1. The van der Waals surface area contributed by atoms with Crippen LogP contribution >= 0.6 is 34.5 Å². The summed E-state index contributed by atoms with van der Waals surface area (Å²) in [6.07, 6.45) is -0.189. The lowest BCUT2D eigenvalue weighted by Gasteiger charge is -2.07. The van der Waals surface area contributed by atoms with Crippen molar-refractivity contribution in [3.8, 4) is 0 Å². The van der Waals surface area contributed by atoms with Gasteiger partial charge in [0.25, 0.3) is 0 Å². The fourth-order valence-corrected chi connectivity index (χ4v) is 2.72. The summed E-state index contributed by atoms with van der Waals surface area (Å²) < 4.78 is 0. The van der Waals surface area contributed by atoms with Gasteiger partial charge in [-0.15, -0.1) is 11.3 Å². The first kappa shape index (κ1) is 14.1. The maximum Gasteiger partial charge on any atom is 0.183 e. The zero-order valence-corrected chi connectivity index (χ0v) is 12.0. The van der Waals surface area contributed by atoms with Crippen LogP contribution in [0.5, 0.6) is 0 Å². The Bertz CT molecular complexity index is 581. The van der Waals surface area contributed by atoms with Crippen molar-refractivity contribution in [3.63, 3.8) is 0 Å². The normalized spacial score (nSPS) is 10.4. The number of hydrogen-bond acceptors (Lipinski definition) is 5. The quantitative estimate of drug-likeness (QED) is 0.919. The molecule has 0 atom stereocenters. The summed E-state index contributed by atoms with van der Waals surface area (Å²) in [5.41, 5.74) is 1.25. The predicted molar refractivity (Wildman–Crippen MR) is 74.6 cm³/mol. The summed E-state index contributed by atoms with van der Waals surface area (Å²) in [6, 6.07) is 5.29. The van der Waals surface area contributed by atoms with Gasteiger partial charge in [-0.25, -0.2) is 4.98 Å². The molecule has 0 aliphatic heterocycles. The molecule has 0 saturated carbocycles. The van der Waals surface area contributed by atoms with Gasteiger partial charge >= 0.3 is 0 Å². The van der Waals surface area contributed by atoms with Crippen LogP contribution in [0.25, 0.3) is 0 Å². The molecule has 1 aromatic carbocycles. The van der Waals surface area contributed by atoms with Gasteiger partial charge in [0.2, 0.25) is 0 Å². The first-order valence-corrected chi connectivity index (χ1v) is 7.01. The van der Waals surface area contributed by atoms with Gasteiger partial charge in [-0.05, 0) is 12.1 Å².